The molecule has 7 heteroatoms. The van der Waals surface area contributed by atoms with E-state index in [2.05, 4.69) is 20.9 Å². The average Bonchev–Trinajstić information content (AvgIpc) is 3.32. The molecule has 1 aromatic heterocycles. The number of ether oxygens (including phenoxy) is 1. The van der Waals surface area contributed by atoms with Gasteiger partial charge in [0.15, 0.2) is 0 Å². The second-order valence-corrected chi connectivity index (χ2v) is 6.24. The summed E-state index contributed by atoms with van der Waals surface area (Å²) in [4.78, 5) is 12.3. The summed E-state index contributed by atoms with van der Waals surface area (Å²) < 4.78 is 7.35. The molecule has 7 nitrogen and oxygen atoms in total. The summed E-state index contributed by atoms with van der Waals surface area (Å²) in [6.07, 6.45) is 3.38. The van der Waals surface area contributed by atoms with Crippen LogP contribution < -0.4 is 15.4 Å². The molecule has 2 heterocycles. The van der Waals surface area contributed by atoms with Crippen LogP contribution in [0.25, 0.3) is 5.69 Å². The fourth-order valence-electron chi connectivity index (χ4n) is 3.12. The summed E-state index contributed by atoms with van der Waals surface area (Å²) in [5.74, 6) is 1.04. The molecule has 2 aromatic carbocycles. The van der Waals surface area contributed by atoms with Crippen molar-refractivity contribution in [2.24, 2.45) is 0 Å². The zero-order valence-corrected chi connectivity index (χ0v) is 14.3. The molecular weight excluding hydrogens is 330 g/mol. The lowest BCUT2D eigenvalue weighted by atomic mass is 9.94. The monoisotopic (exact) mass is 349 g/mol. The van der Waals surface area contributed by atoms with Gasteiger partial charge in [0.2, 0.25) is 0 Å². The molecule has 2 N–H and O–H groups in total. The number of aromatic nitrogens is 3. The Morgan fingerprint density at radius 3 is 2.81 bits per heavy atom. The molecule has 1 aliphatic heterocycles. The minimum Gasteiger partial charge on any atom is -0.493 e. The zero-order chi connectivity index (χ0) is 17.9. The quantitative estimate of drug-likeness (QED) is 0.759. The van der Waals surface area contributed by atoms with Crippen molar-refractivity contribution >= 4 is 11.7 Å². The molecule has 0 spiro atoms. The Hall–Kier alpha value is -3.35. The first-order valence-corrected chi connectivity index (χ1v) is 8.47. The van der Waals surface area contributed by atoms with Crippen molar-refractivity contribution in [1.29, 1.82) is 0 Å². The van der Waals surface area contributed by atoms with Crippen LogP contribution in [0.4, 0.5) is 10.5 Å². The van der Waals surface area contributed by atoms with E-state index in [0.29, 0.717) is 12.3 Å². The van der Waals surface area contributed by atoms with Crippen LogP contribution in [-0.2, 0) is 0 Å². The number of hydrogen-bond acceptors (Lipinski definition) is 4. The largest absolute Gasteiger partial charge is 0.493 e. The summed E-state index contributed by atoms with van der Waals surface area (Å²) in [6, 6.07) is 15.1. The van der Waals surface area contributed by atoms with Crippen LogP contribution in [0.3, 0.4) is 0 Å². The Kier molecular flexibility index (Phi) is 4.27. The molecule has 0 saturated heterocycles. The number of carbonyl (C=O) groups excluding carboxylic acids is 1. The minimum atomic E-state index is -0.240. The first-order valence-electron chi connectivity index (χ1n) is 8.47. The molecule has 1 aliphatic rings. The Morgan fingerprint density at radius 1 is 1.23 bits per heavy atom. The van der Waals surface area contributed by atoms with Gasteiger partial charge in [0.1, 0.15) is 5.75 Å². The number of urea groups is 1. The Bertz CT molecular complexity index is 893. The van der Waals surface area contributed by atoms with Crippen LogP contribution in [0.1, 0.15) is 18.4 Å². The minimum absolute atomic E-state index is 0.0481. The van der Waals surface area contributed by atoms with Crippen molar-refractivity contribution < 1.29 is 9.53 Å². The van der Waals surface area contributed by atoms with Gasteiger partial charge in [-0.15, -0.1) is 5.10 Å². The molecule has 2 atom stereocenters. The van der Waals surface area contributed by atoms with Gasteiger partial charge in [-0.3, -0.25) is 0 Å². The van der Waals surface area contributed by atoms with Crippen LogP contribution in [0.5, 0.6) is 5.75 Å². The maximum Gasteiger partial charge on any atom is 0.319 e. The number of hydrogen-bond donors (Lipinski definition) is 2. The molecular formula is C19H19N5O2. The number of anilines is 1. The molecule has 0 radical (unpaired) electrons. The summed E-state index contributed by atoms with van der Waals surface area (Å²) in [5.41, 5.74) is 2.72. The molecule has 3 aromatic rings. The number of nitrogens with one attached hydrogen (secondary N) is 2. The third kappa shape index (κ3) is 3.23. The lowest BCUT2D eigenvalue weighted by molar-refractivity contribution is 0.244. The van der Waals surface area contributed by atoms with E-state index in [0.717, 1.165) is 17.0 Å². The van der Waals surface area contributed by atoms with E-state index in [9.17, 15) is 4.79 Å². The van der Waals surface area contributed by atoms with Gasteiger partial charge in [-0.1, -0.05) is 23.4 Å². The lowest BCUT2D eigenvalue weighted by Gasteiger charge is -2.20. The first kappa shape index (κ1) is 16.1. The zero-order valence-electron chi connectivity index (χ0n) is 14.3. The highest BCUT2D eigenvalue weighted by molar-refractivity contribution is 5.89. The van der Waals surface area contributed by atoms with Crippen LogP contribution in [-0.4, -0.2) is 33.7 Å². The number of benzene rings is 2. The van der Waals surface area contributed by atoms with Crippen molar-refractivity contribution in [3.8, 4) is 11.4 Å². The van der Waals surface area contributed by atoms with Crippen molar-refractivity contribution in [2.75, 3.05) is 11.9 Å². The normalized spacial score (nSPS) is 16.4. The van der Waals surface area contributed by atoms with E-state index in [-0.39, 0.29) is 18.0 Å². The summed E-state index contributed by atoms with van der Waals surface area (Å²) in [7, 11) is 0. The highest BCUT2D eigenvalue weighted by atomic mass is 16.5. The molecule has 0 saturated carbocycles. The fraction of sp³-hybridized carbons (Fsp3) is 0.211. The standard InChI is InChI=1S/C19H19N5O2/c1-13(17-12-26-18-5-3-2-4-16(17)18)21-19(25)22-14-6-8-15(9-7-14)24-11-10-20-23-24/h2-11,13,17H,12H2,1H3,(H2,21,22,25)/t13-,17+/m1/s1. The van der Waals surface area contributed by atoms with E-state index in [1.54, 1.807) is 17.1 Å². The van der Waals surface area contributed by atoms with Crippen LogP contribution in [0, 0.1) is 0 Å². The number of rotatable bonds is 4. The molecule has 4 rings (SSSR count). The summed E-state index contributed by atoms with van der Waals surface area (Å²) in [6.45, 7) is 2.57. The van der Waals surface area contributed by atoms with Gasteiger partial charge in [0.05, 0.1) is 24.7 Å². The first-order chi connectivity index (χ1) is 12.7. The third-order valence-electron chi connectivity index (χ3n) is 4.51. The van der Waals surface area contributed by atoms with Crippen LogP contribution in [0.15, 0.2) is 60.9 Å². The van der Waals surface area contributed by atoms with Crippen molar-refractivity contribution in [3.05, 3.63) is 66.5 Å². The molecule has 0 bridgehead atoms. The highest BCUT2D eigenvalue weighted by Crippen LogP contribution is 2.35. The number of nitrogens with zero attached hydrogens (tertiary/aromatic N) is 3. The maximum absolute atomic E-state index is 12.3. The number of para-hydroxylation sites is 1. The average molecular weight is 349 g/mol. The lowest BCUT2D eigenvalue weighted by Crippen LogP contribution is -2.40. The highest BCUT2D eigenvalue weighted by Gasteiger charge is 2.29. The SMILES string of the molecule is C[C@@H](NC(=O)Nc1ccc(-n2ccnn2)cc1)[C@@H]1COc2ccccc21. The van der Waals surface area contributed by atoms with E-state index < -0.39 is 0 Å². The fourth-order valence-corrected chi connectivity index (χ4v) is 3.12. The second-order valence-electron chi connectivity index (χ2n) is 6.24. The van der Waals surface area contributed by atoms with Gasteiger partial charge in [-0.05, 0) is 37.3 Å². The predicted octanol–water partition coefficient (Wildman–Crippen LogP) is 2.95. The summed E-state index contributed by atoms with van der Waals surface area (Å²) in [5, 5.41) is 13.6. The Balaban J connectivity index is 1.37. The van der Waals surface area contributed by atoms with Crippen molar-refractivity contribution in [3.63, 3.8) is 0 Å². The predicted molar refractivity (Wildman–Crippen MR) is 97.7 cm³/mol. The number of carbonyl (C=O) groups is 1. The smallest absolute Gasteiger partial charge is 0.319 e. The maximum atomic E-state index is 12.3. The Morgan fingerprint density at radius 2 is 2.04 bits per heavy atom. The van der Waals surface area contributed by atoms with E-state index in [4.69, 9.17) is 4.74 Å². The van der Waals surface area contributed by atoms with Crippen LogP contribution >= 0.6 is 0 Å². The van der Waals surface area contributed by atoms with Gasteiger partial charge in [0.25, 0.3) is 0 Å². The van der Waals surface area contributed by atoms with E-state index in [1.807, 2.05) is 55.5 Å². The van der Waals surface area contributed by atoms with Gasteiger partial charge < -0.3 is 15.4 Å². The van der Waals surface area contributed by atoms with Crippen molar-refractivity contribution in [2.45, 2.75) is 18.9 Å². The van der Waals surface area contributed by atoms with Gasteiger partial charge in [-0.2, -0.15) is 0 Å². The van der Waals surface area contributed by atoms with Gasteiger partial charge in [-0.25, -0.2) is 9.48 Å². The molecule has 0 aliphatic carbocycles. The summed E-state index contributed by atoms with van der Waals surface area (Å²) >= 11 is 0. The van der Waals surface area contributed by atoms with E-state index in [1.165, 1.54) is 0 Å². The molecule has 2 amide bonds. The second kappa shape index (κ2) is 6.87. The van der Waals surface area contributed by atoms with Crippen molar-refractivity contribution in [1.82, 2.24) is 20.3 Å². The Labute approximate surface area is 151 Å². The number of amides is 2. The molecule has 132 valence electrons. The third-order valence-corrected chi connectivity index (χ3v) is 4.51. The van der Waals surface area contributed by atoms with E-state index >= 15 is 0 Å². The molecule has 0 unspecified atom stereocenters. The topological polar surface area (TPSA) is 81.1 Å². The molecule has 26 heavy (non-hydrogen) atoms. The van der Waals surface area contributed by atoms with Gasteiger partial charge in [0, 0.05) is 23.2 Å². The van der Waals surface area contributed by atoms with Gasteiger partial charge >= 0.3 is 6.03 Å². The van der Waals surface area contributed by atoms with Crippen LogP contribution in [0.2, 0.25) is 0 Å². The molecule has 0 fully saturated rings. The number of fused-ring (bicyclic) bond motifs is 1.